The first-order chi connectivity index (χ1) is 10.2. The minimum atomic E-state index is -0.495. The van der Waals surface area contributed by atoms with Crippen molar-refractivity contribution in [2.45, 2.75) is 6.92 Å². The Hall–Kier alpha value is -1.88. The second kappa shape index (κ2) is 4.84. The van der Waals surface area contributed by atoms with Crippen LogP contribution in [0.5, 0.6) is 0 Å². The first-order valence-corrected chi connectivity index (χ1v) is 8.97. The highest BCUT2D eigenvalue weighted by Crippen LogP contribution is 2.37. The lowest BCUT2D eigenvalue weighted by Crippen LogP contribution is -2.08. The second-order valence-electron chi connectivity index (χ2n) is 5.15. The first-order valence-electron chi connectivity index (χ1n) is 6.81. The molecule has 0 unspecified atom stereocenters. The van der Waals surface area contributed by atoms with Crippen LogP contribution in [-0.4, -0.2) is 5.91 Å². The molecule has 0 bridgehead atoms. The molecule has 103 valence electrons. The van der Waals surface area contributed by atoms with Gasteiger partial charge in [0.05, 0.1) is 0 Å². The molecule has 0 atom stereocenters. The minimum Gasteiger partial charge on any atom is -0.304 e. The van der Waals surface area contributed by atoms with Crippen molar-refractivity contribution in [2.24, 2.45) is 0 Å². The average molecular weight is 386 g/mol. The van der Waals surface area contributed by atoms with Crippen LogP contribution in [0.15, 0.2) is 54.6 Å². The van der Waals surface area contributed by atoms with Crippen LogP contribution in [0.25, 0.3) is 32.3 Å². The predicted molar refractivity (Wildman–Crippen MR) is 96.7 cm³/mol. The fraction of sp³-hybridized carbons (Fsp3) is 0.0556. The van der Waals surface area contributed by atoms with Crippen LogP contribution in [0.1, 0.15) is 6.92 Å². The van der Waals surface area contributed by atoms with Gasteiger partial charge in [-0.25, -0.2) is 0 Å². The summed E-state index contributed by atoms with van der Waals surface area (Å²) < 4.78 is 4.28. The topological polar surface area (TPSA) is 29.1 Å². The average Bonchev–Trinajstić information content (AvgIpc) is 2.51. The lowest BCUT2D eigenvalue weighted by molar-refractivity contribution is -0.116. The van der Waals surface area contributed by atoms with E-state index in [1.807, 2.05) is 0 Å². The molecule has 2 nitrogen and oxygen atoms in total. The Morgan fingerprint density at radius 1 is 0.857 bits per heavy atom. The van der Waals surface area contributed by atoms with E-state index in [2.05, 4.69) is 58.1 Å². The van der Waals surface area contributed by atoms with E-state index in [-0.39, 0.29) is 5.91 Å². The third-order valence-corrected chi connectivity index (χ3v) is 6.31. The summed E-state index contributed by atoms with van der Waals surface area (Å²) in [5.41, 5.74) is 0. The standard InChI is InChI=1S/C18H13INO/c1-11(21)20-19-16-10-8-14-6-5-12-3-2-4-13-7-9-15(16)18(14)17(12)13/h2-10H,1H3,(H,20,21). The SMILES string of the molecule is CC(=O)N[I]c1ccc2ccc3cccc4ccc1c2c34. The van der Waals surface area contributed by atoms with E-state index >= 15 is 0 Å². The van der Waals surface area contributed by atoms with E-state index in [0.29, 0.717) is 0 Å². The Morgan fingerprint density at radius 2 is 1.48 bits per heavy atom. The van der Waals surface area contributed by atoms with Crippen LogP contribution in [0, 0.1) is 3.57 Å². The number of nitrogens with one attached hydrogen (secondary N) is 1. The van der Waals surface area contributed by atoms with Gasteiger partial charge in [-0.3, -0.25) is 4.79 Å². The van der Waals surface area contributed by atoms with Gasteiger partial charge in [0.1, 0.15) is 0 Å². The Kier molecular flexibility index (Phi) is 2.96. The van der Waals surface area contributed by atoms with Crippen molar-refractivity contribution >= 4 is 59.7 Å². The van der Waals surface area contributed by atoms with Crippen LogP contribution < -0.4 is 3.53 Å². The van der Waals surface area contributed by atoms with E-state index in [1.54, 1.807) is 6.92 Å². The molecule has 4 aromatic rings. The molecule has 0 aliphatic rings. The minimum absolute atomic E-state index is 0.0495. The molecule has 0 aliphatic carbocycles. The van der Waals surface area contributed by atoms with Crippen molar-refractivity contribution in [1.29, 1.82) is 0 Å². The molecule has 3 heteroatoms. The lowest BCUT2D eigenvalue weighted by atomic mass is 9.94. The van der Waals surface area contributed by atoms with Crippen molar-refractivity contribution in [3.8, 4) is 0 Å². The highest BCUT2D eigenvalue weighted by molar-refractivity contribution is 14.2. The molecule has 0 fully saturated rings. The summed E-state index contributed by atoms with van der Waals surface area (Å²) in [6.45, 7) is 1.58. The summed E-state index contributed by atoms with van der Waals surface area (Å²) in [5, 5.41) is 7.76. The monoisotopic (exact) mass is 386 g/mol. The van der Waals surface area contributed by atoms with Gasteiger partial charge in [0.2, 0.25) is 5.91 Å². The van der Waals surface area contributed by atoms with Crippen molar-refractivity contribution in [3.05, 3.63) is 58.2 Å². The molecular weight excluding hydrogens is 373 g/mol. The summed E-state index contributed by atoms with van der Waals surface area (Å²) in [6, 6.07) is 19.5. The maximum absolute atomic E-state index is 11.2. The van der Waals surface area contributed by atoms with Gasteiger partial charge in [0, 0.05) is 32.0 Å². The van der Waals surface area contributed by atoms with Crippen molar-refractivity contribution in [2.75, 3.05) is 0 Å². The number of hydrogen-bond acceptors (Lipinski definition) is 1. The molecule has 1 amide bonds. The number of amides is 1. The summed E-state index contributed by atoms with van der Waals surface area (Å²) >= 11 is -0.495. The van der Waals surface area contributed by atoms with Crippen LogP contribution in [0.4, 0.5) is 0 Å². The molecule has 0 aromatic heterocycles. The number of carbonyl (C=O) groups excluding carboxylic acids is 1. The van der Waals surface area contributed by atoms with Gasteiger partial charge in [0.25, 0.3) is 0 Å². The molecule has 1 radical (unpaired) electrons. The third-order valence-electron chi connectivity index (χ3n) is 3.76. The van der Waals surface area contributed by atoms with Gasteiger partial charge < -0.3 is 3.53 Å². The normalized spacial score (nSPS) is 11.5. The number of rotatable bonds is 2. The van der Waals surface area contributed by atoms with Crippen LogP contribution in [0.2, 0.25) is 0 Å². The molecule has 1 N–H and O–H groups in total. The Labute approximate surface area is 133 Å². The first kappa shape index (κ1) is 12.8. The van der Waals surface area contributed by atoms with Crippen molar-refractivity contribution < 1.29 is 4.79 Å². The molecule has 0 heterocycles. The second-order valence-corrected chi connectivity index (χ2v) is 7.39. The van der Waals surface area contributed by atoms with E-state index in [1.165, 1.54) is 35.9 Å². The summed E-state index contributed by atoms with van der Waals surface area (Å²) in [7, 11) is 0. The molecule has 0 spiro atoms. The fourth-order valence-corrected chi connectivity index (χ4v) is 4.67. The molecule has 0 saturated carbocycles. The quantitative estimate of drug-likeness (QED) is 0.300. The van der Waals surface area contributed by atoms with Crippen molar-refractivity contribution in [3.63, 3.8) is 0 Å². The molecule has 21 heavy (non-hydrogen) atoms. The van der Waals surface area contributed by atoms with Gasteiger partial charge in [-0.15, -0.1) is 0 Å². The highest BCUT2D eigenvalue weighted by atomic mass is 127. The number of benzene rings is 4. The maximum Gasteiger partial charge on any atom is 0.225 e. The summed E-state index contributed by atoms with van der Waals surface area (Å²) in [4.78, 5) is 11.2. The van der Waals surface area contributed by atoms with Gasteiger partial charge >= 0.3 is 0 Å². The van der Waals surface area contributed by atoms with Gasteiger partial charge in [-0.1, -0.05) is 48.5 Å². The summed E-state index contributed by atoms with van der Waals surface area (Å²) in [5.74, 6) is 0.0495. The lowest BCUT2D eigenvalue weighted by Gasteiger charge is -2.13. The van der Waals surface area contributed by atoms with Crippen LogP contribution in [-0.2, 0) is 4.79 Å². The Balaban J connectivity index is 2.08. The smallest absolute Gasteiger partial charge is 0.225 e. The highest BCUT2D eigenvalue weighted by Gasteiger charge is 2.11. The Morgan fingerprint density at radius 3 is 2.19 bits per heavy atom. The number of halogens is 1. The third kappa shape index (κ3) is 2.03. The zero-order chi connectivity index (χ0) is 14.4. The molecular formula is C18H13INO. The van der Waals surface area contributed by atoms with Gasteiger partial charge in [-0.2, -0.15) is 0 Å². The number of carbonyl (C=O) groups is 1. The van der Waals surface area contributed by atoms with Crippen LogP contribution >= 0.6 is 21.5 Å². The molecule has 4 aromatic carbocycles. The van der Waals surface area contributed by atoms with E-state index < -0.39 is 21.5 Å². The molecule has 4 rings (SSSR count). The molecule has 0 aliphatic heterocycles. The van der Waals surface area contributed by atoms with Gasteiger partial charge in [0.15, 0.2) is 0 Å². The summed E-state index contributed by atoms with van der Waals surface area (Å²) in [6.07, 6.45) is 0. The van der Waals surface area contributed by atoms with Gasteiger partial charge in [-0.05, 0) is 38.4 Å². The Bertz CT molecular complexity index is 961. The van der Waals surface area contributed by atoms with Crippen molar-refractivity contribution in [1.82, 2.24) is 3.53 Å². The maximum atomic E-state index is 11.2. The van der Waals surface area contributed by atoms with E-state index in [4.69, 9.17) is 0 Å². The largest absolute Gasteiger partial charge is 0.304 e. The van der Waals surface area contributed by atoms with E-state index in [0.717, 1.165) is 0 Å². The number of hydrogen-bond donors (Lipinski definition) is 1. The zero-order valence-corrected chi connectivity index (χ0v) is 13.6. The fourth-order valence-electron chi connectivity index (χ4n) is 2.90. The molecule has 0 saturated heterocycles. The van der Waals surface area contributed by atoms with E-state index in [9.17, 15) is 4.79 Å². The predicted octanol–water partition coefficient (Wildman–Crippen LogP) is 4.78. The zero-order valence-electron chi connectivity index (χ0n) is 11.5. The van der Waals surface area contributed by atoms with Crippen LogP contribution in [0.3, 0.4) is 0 Å².